The molecule has 1 fully saturated rings. The fraction of sp³-hybridized carbons (Fsp3) is 0.591. The molecule has 26 heavy (non-hydrogen) atoms. The van der Waals surface area contributed by atoms with Crippen LogP contribution in [0.1, 0.15) is 67.1 Å². The van der Waals surface area contributed by atoms with Crippen LogP contribution in [0, 0.1) is 0 Å². The van der Waals surface area contributed by atoms with Crippen molar-refractivity contribution < 1.29 is 4.79 Å². The number of aromatic nitrogens is 1. The summed E-state index contributed by atoms with van der Waals surface area (Å²) in [5.74, 6) is 0.0596. The number of aromatic amines is 1. The molecule has 2 aliphatic rings. The van der Waals surface area contributed by atoms with Crippen LogP contribution in [0.15, 0.2) is 18.2 Å². The monoisotopic (exact) mass is 353 g/mol. The zero-order valence-electron chi connectivity index (χ0n) is 15.9. The van der Waals surface area contributed by atoms with E-state index in [1.807, 2.05) is 6.07 Å². The molecule has 1 aliphatic carbocycles. The van der Waals surface area contributed by atoms with Gasteiger partial charge >= 0.3 is 0 Å². The first-order valence-corrected chi connectivity index (χ1v) is 10.4. The van der Waals surface area contributed by atoms with Gasteiger partial charge in [0.15, 0.2) is 0 Å². The summed E-state index contributed by atoms with van der Waals surface area (Å²) in [6.45, 7) is 5.38. The molecular weight excluding hydrogens is 322 g/mol. The van der Waals surface area contributed by atoms with Crippen LogP contribution in [-0.4, -0.2) is 41.5 Å². The number of aryl methyl sites for hydroxylation is 2. The Labute approximate surface area is 156 Å². The molecule has 1 aliphatic heterocycles. The van der Waals surface area contributed by atoms with Gasteiger partial charge in [-0.25, -0.2) is 0 Å². The fourth-order valence-electron chi connectivity index (χ4n) is 4.62. The molecule has 4 heteroatoms. The molecule has 0 saturated carbocycles. The standard InChI is InChI=1S/C22H31N3O/c1-16-7-4-5-13-25(16)14-6-12-23-22(26)17-10-11-21-19(15-17)18-8-2-3-9-20(18)24-21/h10-11,15-16,24H,2-9,12-14H2,1H3,(H,23,26)/t16-/m0/s1. The van der Waals surface area contributed by atoms with Crippen LogP contribution >= 0.6 is 0 Å². The van der Waals surface area contributed by atoms with Crippen molar-refractivity contribution in [3.63, 3.8) is 0 Å². The van der Waals surface area contributed by atoms with E-state index in [2.05, 4.69) is 34.3 Å². The highest BCUT2D eigenvalue weighted by atomic mass is 16.1. The lowest BCUT2D eigenvalue weighted by Crippen LogP contribution is -2.39. The summed E-state index contributed by atoms with van der Waals surface area (Å²) in [7, 11) is 0. The average Bonchev–Trinajstić information content (AvgIpc) is 3.04. The van der Waals surface area contributed by atoms with Crippen molar-refractivity contribution in [1.29, 1.82) is 0 Å². The quantitative estimate of drug-likeness (QED) is 0.797. The molecule has 2 aromatic rings. The molecule has 1 aromatic heterocycles. The van der Waals surface area contributed by atoms with E-state index in [1.54, 1.807) is 0 Å². The smallest absolute Gasteiger partial charge is 0.251 e. The number of hydrogen-bond donors (Lipinski definition) is 2. The van der Waals surface area contributed by atoms with E-state index >= 15 is 0 Å². The van der Waals surface area contributed by atoms with E-state index in [9.17, 15) is 4.79 Å². The number of hydrogen-bond acceptors (Lipinski definition) is 2. The van der Waals surface area contributed by atoms with Gasteiger partial charge < -0.3 is 15.2 Å². The molecular formula is C22H31N3O. The second kappa shape index (κ2) is 7.83. The van der Waals surface area contributed by atoms with Gasteiger partial charge in [-0.3, -0.25) is 4.79 Å². The number of fused-ring (bicyclic) bond motifs is 3. The van der Waals surface area contributed by atoms with Gasteiger partial charge in [0.05, 0.1) is 0 Å². The van der Waals surface area contributed by atoms with Crippen LogP contribution < -0.4 is 5.32 Å². The Balaban J connectivity index is 1.34. The first-order valence-electron chi connectivity index (χ1n) is 10.4. The SMILES string of the molecule is C[C@H]1CCCCN1CCCNC(=O)c1ccc2[nH]c3c(c2c1)CCCC3. The first kappa shape index (κ1) is 17.6. The number of carbonyl (C=O) groups is 1. The van der Waals surface area contributed by atoms with Crippen molar-refractivity contribution in [3.8, 4) is 0 Å². The second-order valence-electron chi connectivity index (χ2n) is 8.04. The van der Waals surface area contributed by atoms with Gasteiger partial charge in [-0.2, -0.15) is 0 Å². The van der Waals surface area contributed by atoms with Gasteiger partial charge in [0, 0.05) is 41.3 Å². The predicted octanol–water partition coefficient (Wildman–Crippen LogP) is 4.04. The summed E-state index contributed by atoms with van der Waals surface area (Å²) in [6.07, 6.45) is 9.81. The Kier molecular flexibility index (Phi) is 5.30. The molecule has 0 bridgehead atoms. The van der Waals surface area contributed by atoms with E-state index < -0.39 is 0 Å². The molecule has 0 unspecified atom stereocenters. The Morgan fingerprint density at radius 3 is 3.00 bits per heavy atom. The maximum absolute atomic E-state index is 12.6. The van der Waals surface area contributed by atoms with Crippen molar-refractivity contribution in [2.24, 2.45) is 0 Å². The van der Waals surface area contributed by atoms with Crippen LogP contribution in [0.5, 0.6) is 0 Å². The topological polar surface area (TPSA) is 48.1 Å². The number of amides is 1. The van der Waals surface area contributed by atoms with E-state index in [1.165, 1.54) is 60.8 Å². The summed E-state index contributed by atoms with van der Waals surface area (Å²) in [5.41, 5.74) is 4.77. The lowest BCUT2D eigenvalue weighted by Gasteiger charge is -2.33. The third-order valence-corrected chi connectivity index (χ3v) is 6.21. The minimum absolute atomic E-state index is 0.0596. The van der Waals surface area contributed by atoms with E-state index in [4.69, 9.17) is 0 Å². The Bertz CT molecular complexity index is 779. The van der Waals surface area contributed by atoms with Crippen molar-refractivity contribution in [1.82, 2.24) is 15.2 Å². The van der Waals surface area contributed by atoms with E-state index in [0.717, 1.165) is 37.9 Å². The number of H-pyrrole nitrogens is 1. The second-order valence-corrected chi connectivity index (χ2v) is 8.04. The summed E-state index contributed by atoms with van der Waals surface area (Å²) in [5, 5.41) is 4.36. The molecule has 4 nitrogen and oxygen atoms in total. The van der Waals surface area contributed by atoms with Crippen LogP contribution in [0.2, 0.25) is 0 Å². The highest BCUT2D eigenvalue weighted by molar-refractivity contribution is 5.99. The highest BCUT2D eigenvalue weighted by Gasteiger charge is 2.18. The molecule has 1 aromatic carbocycles. The summed E-state index contributed by atoms with van der Waals surface area (Å²) >= 11 is 0. The van der Waals surface area contributed by atoms with Gasteiger partial charge in [0.25, 0.3) is 5.91 Å². The number of nitrogens with zero attached hydrogens (tertiary/aromatic N) is 1. The third-order valence-electron chi connectivity index (χ3n) is 6.21. The summed E-state index contributed by atoms with van der Waals surface area (Å²) in [4.78, 5) is 18.7. The number of carbonyl (C=O) groups excluding carboxylic acids is 1. The average molecular weight is 354 g/mol. The number of likely N-dealkylation sites (tertiary alicyclic amines) is 1. The van der Waals surface area contributed by atoms with Gasteiger partial charge in [0.2, 0.25) is 0 Å². The fourth-order valence-corrected chi connectivity index (χ4v) is 4.62. The molecule has 4 rings (SSSR count). The number of benzene rings is 1. The molecule has 1 amide bonds. The van der Waals surface area contributed by atoms with Gasteiger partial charge in [-0.05, 0) is 82.2 Å². The van der Waals surface area contributed by atoms with Gasteiger partial charge in [-0.15, -0.1) is 0 Å². The zero-order valence-corrected chi connectivity index (χ0v) is 15.9. The minimum atomic E-state index is 0.0596. The van der Waals surface area contributed by atoms with Crippen LogP contribution in [0.4, 0.5) is 0 Å². The maximum atomic E-state index is 12.6. The molecule has 140 valence electrons. The highest BCUT2D eigenvalue weighted by Crippen LogP contribution is 2.29. The Morgan fingerprint density at radius 1 is 1.23 bits per heavy atom. The largest absolute Gasteiger partial charge is 0.358 e. The predicted molar refractivity (Wildman–Crippen MR) is 107 cm³/mol. The van der Waals surface area contributed by atoms with Crippen molar-refractivity contribution in [2.75, 3.05) is 19.6 Å². The lowest BCUT2D eigenvalue weighted by atomic mass is 9.95. The van der Waals surface area contributed by atoms with Crippen LogP contribution in [0.3, 0.4) is 0 Å². The van der Waals surface area contributed by atoms with Crippen LogP contribution in [-0.2, 0) is 12.8 Å². The zero-order chi connectivity index (χ0) is 17.9. The minimum Gasteiger partial charge on any atom is -0.358 e. The Hall–Kier alpha value is -1.81. The number of nitrogens with one attached hydrogen (secondary N) is 2. The van der Waals surface area contributed by atoms with Gasteiger partial charge in [0.1, 0.15) is 0 Å². The van der Waals surface area contributed by atoms with Crippen molar-refractivity contribution >= 4 is 16.8 Å². The number of rotatable bonds is 5. The van der Waals surface area contributed by atoms with Crippen molar-refractivity contribution in [3.05, 3.63) is 35.0 Å². The summed E-state index contributed by atoms with van der Waals surface area (Å²) < 4.78 is 0. The third kappa shape index (κ3) is 3.66. The normalized spacial score (nSPS) is 20.9. The maximum Gasteiger partial charge on any atom is 0.251 e. The molecule has 1 saturated heterocycles. The Morgan fingerprint density at radius 2 is 2.12 bits per heavy atom. The molecule has 2 heterocycles. The first-order chi connectivity index (χ1) is 12.7. The molecule has 1 atom stereocenters. The number of piperidine rings is 1. The van der Waals surface area contributed by atoms with E-state index in [0.29, 0.717) is 6.04 Å². The lowest BCUT2D eigenvalue weighted by molar-refractivity contribution is 0.0949. The van der Waals surface area contributed by atoms with E-state index in [-0.39, 0.29) is 5.91 Å². The van der Waals surface area contributed by atoms with Crippen molar-refractivity contribution in [2.45, 2.75) is 64.3 Å². The van der Waals surface area contributed by atoms with Gasteiger partial charge in [-0.1, -0.05) is 6.42 Å². The summed E-state index contributed by atoms with van der Waals surface area (Å²) in [6, 6.07) is 6.80. The molecule has 0 radical (unpaired) electrons. The molecule has 2 N–H and O–H groups in total. The molecule has 0 spiro atoms. The van der Waals surface area contributed by atoms with Crippen LogP contribution in [0.25, 0.3) is 10.9 Å².